The van der Waals surface area contributed by atoms with Crippen LogP contribution in [0, 0.1) is 0 Å². The van der Waals surface area contributed by atoms with Gasteiger partial charge in [-0.25, -0.2) is 8.42 Å². The molecule has 0 aromatic heterocycles. The number of hydrogen-bond acceptors (Lipinski definition) is 3. The molecule has 20 heavy (non-hydrogen) atoms. The molecule has 2 atom stereocenters. The van der Waals surface area contributed by atoms with E-state index in [1.54, 1.807) is 12.1 Å². The SMILES string of the molecule is CN(C1CCCCC1O)S(=O)(=O)c1cccc(Cl)c1Cl. The van der Waals surface area contributed by atoms with E-state index < -0.39 is 22.2 Å². The van der Waals surface area contributed by atoms with Crippen molar-refractivity contribution < 1.29 is 13.5 Å². The van der Waals surface area contributed by atoms with E-state index in [9.17, 15) is 13.5 Å². The first kappa shape index (κ1) is 16.0. The van der Waals surface area contributed by atoms with Gasteiger partial charge in [0.1, 0.15) is 4.90 Å². The van der Waals surface area contributed by atoms with E-state index in [0.717, 1.165) is 12.8 Å². The number of hydrogen-bond donors (Lipinski definition) is 1. The standard InChI is InChI=1S/C13H17Cl2NO3S/c1-16(10-6-2-3-7-11(10)17)20(18,19)12-8-4-5-9(14)13(12)15/h4-5,8,10-11,17H,2-3,6-7H2,1H3. The van der Waals surface area contributed by atoms with E-state index in [1.165, 1.54) is 17.4 Å². The smallest absolute Gasteiger partial charge is 0.244 e. The van der Waals surface area contributed by atoms with Crippen LogP contribution >= 0.6 is 23.2 Å². The summed E-state index contributed by atoms with van der Waals surface area (Å²) in [5.41, 5.74) is 0. The van der Waals surface area contributed by atoms with E-state index in [2.05, 4.69) is 0 Å². The van der Waals surface area contributed by atoms with Crippen LogP contribution in [0.5, 0.6) is 0 Å². The maximum absolute atomic E-state index is 12.6. The van der Waals surface area contributed by atoms with Crippen molar-refractivity contribution in [3.8, 4) is 0 Å². The average molecular weight is 338 g/mol. The van der Waals surface area contributed by atoms with Crippen molar-refractivity contribution in [2.45, 2.75) is 42.7 Å². The molecule has 0 amide bonds. The summed E-state index contributed by atoms with van der Waals surface area (Å²) in [6.45, 7) is 0. The predicted molar refractivity (Wildman–Crippen MR) is 79.7 cm³/mol. The van der Waals surface area contributed by atoms with Crippen molar-refractivity contribution in [2.24, 2.45) is 0 Å². The van der Waals surface area contributed by atoms with Crippen LogP contribution in [0.4, 0.5) is 0 Å². The van der Waals surface area contributed by atoms with Crippen LogP contribution in [-0.2, 0) is 10.0 Å². The fourth-order valence-electron chi connectivity index (χ4n) is 2.53. The first-order valence-electron chi connectivity index (χ1n) is 6.46. The van der Waals surface area contributed by atoms with E-state index in [1.807, 2.05) is 0 Å². The predicted octanol–water partition coefficient (Wildman–Crippen LogP) is 2.92. The van der Waals surface area contributed by atoms with Crippen molar-refractivity contribution in [3.05, 3.63) is 28.2 Å². The van der Waals surface area contributed by atoms with Crippen molar-refractivity contribution in [2.75, 3.05) is 7.05 Å². The number of aliphatic hydroxyl groups is 1. The zero-order valence-electron chi connectivity index (χ0n) is 11.1. The Morgan fingerprint density at radius 3 is 2.55 bits per heavy atom. The van der Waals surface area contributed by atoms with Crippen molar-refractivity contribution in [1.82, 2.24) is 4.31 Å². The molecule has 1 fully saturated rings. The highest BCUT2D eigenvalue weighted by Gasteiger charge is 2.35. The van der Waals surface area contributed by atoms with Crippen molar-refractivity contribution in [3.63, 3.8) is 0 Å². The van der Waals surface area contributed by atoms with Gasteiger partial charge < -0.3 is 5.11 Å². The lowest BCUT2D eigenvalue weighted by atomic mass is 9.93. The molecule has 2 rings (SSSR count). The largest absolute Gasteiger partial charge is 0.391 e. The third-order valence-electron chi connectivity index (χ3n) is 3.73. The van der Waals surface area contributed by atoms with Crippen LogP contribution in [0.25, 0.3) is 0 Å². The van der Waals surface area contributed by atoms with Gasteiger partial charge in [-0.1, -0.05) is 42.1 Å². The minimum absolute atomic E-state index is 0.0197. The normalized spacial score (nSPS) is 24.1. The van der Waals surface area contributed by atoms with Gasteiger partial charge in [0.05, 0.1) is 22.2 Å². The zero-order valence-corrected chi connectivity index (χ0v) is 13.4. The molecule has 1 N–H and O–H groups in total. The second-order valence-electron chi connectivity index (χ2n) is 4.99. The van der Waals surface area contributed by atoms with Gasteiger partial charge in [0.15, 0.2) is 0 Å². The third-order valence-corrected chi connectivity index (χ3v) is 6.59. The molecule has 0 radical (unpaired) electrons. The zero-order chi connectivity index (χ0) is 14.9. The fraction of sp³-hybridized carbons (Fsp3) is 0.538. The van der Waals surface area contributed by atoms with Crippen LogP contribution in [0.15, 0.2) is 23.1 Å². The summed E-state index contributed by atoms with van der Waals surface area (Å²) in [5.74, 6) is 0. The minimum Gasteiger partial charge on any atom is -0.391 e. The summed E-state index contributed by atoms with van der Waals surface area (Å²) in [7, 11) is -2.29. The maximum atomic E-state index is 12.6. The summed E-state index contributed by atoms with van der Waals surface area (Å²) in [6.07, 6.45) is 2.46. The number of sulfonamides is 1. The molecule has 0 aliphatic heterocycles. The van der Waals surface area contributed by atoms with Gasteiger partial charge in [0.2, 0.25) is 10.0 Å². The van der Waals surface area contributed by atoms with E-state index in [4.69, 9.17) is 23.2 Å². The summed E-state index contributed by atoms with van der Waals surface area (Å²) in [6, 6.07) is 4.10. The third kappa shape index (κ3) is 2.97. The van der Waals surface area contributed by atoms with Crippen LogP contribution in [-0.4, -0.2) is 37.0 Å². The molecule has 0 bridgehead atoms. The molecule has 0 heterocycles. The van der Waals surface area contributed by atoms with Gasteiger partial charge in [-0.05, 0) is 25.0 Å². The first-order chi connectivity index (χ1) is 9.35. The second kappa shape index (κ2) is 6.20. The van der Waals surface area contributed by atoms with Gasteiger partial charge in [0, 0.05) is 7.05 Å². The Balaban J connectivity index is 2.36. The average Bonchev–Trinajstić information content (AvgIpc) is 2.41. The summed E-state index contributed by atoms with van der Waals surface area (Å²) in [5, 5.41) is 10.2. The van der Waals surface area contributed by atoms with Crippen molar-refractivity contribution in [1.29, 1.82) is 0 Å². The maximum Gasteiger partial charge on any atom is 0.244 e. The quantitative estimate of drug-likeness (QED) is 0.922. The van der Waals surface area contributed by atoms with Crippen LogP contribution in [0.1, 0.15) is 25.7 Å². The van der Waals surface area contributed by atoms with Crippen LogP contribution < -0.4 is 0 Å². The number of nitrogens with zero attached hydrogens (tertiary/aromatic N) is 1. The molecular formula is C13H17Cl2NO3S. The van der Waals surface area contributed by atoms with Gasteiger partial charge in [-0.3, -0.25) is 0 Å². The lowest BCUT2D eigenvalue weighted by molar-refractivity contribution is 0.0638. The number of aliphatic hydroxyl groups excluding tert-OH is 1. The highest BCUT2D eigenvalue weighted by molar-refractivity contribution is 7.89. The topological polar surface area (TPSA) is 57.6 Å². The Labute approximate surface area is 129 Å². The Hall–Kier alpha value is -0.330. The highest BCUT2D eigenvalue weighted by Crippen LogP contribution is 2.33. The lowest BCUT2D eigenvalue weighted by Crippen LogP contribution is -2.46. The molecule has 4 nitrogen and oxygen atoms in total. The monoisotopic (exact) mass is 337 g/mol. The van der Waals surface area contributed by atoms with Gasteiger partial charge in [-0.2, -0.15) is 4.31 Å². The van der Waals surface area contributed by atoms with E-state index in [-0.39, 0.29) is 14.9 Å². The summed E-state index contributed by atoms with van der Waals surface area (Å²) in [4.78, 5) is -0.0214. The van der Waals surface area contributed by atoms with E-state index >= 15 is 0 Å². The van der Waals surface area contributed by atoms with Gasteiger partial charge >= 0.3 is 0 Å². The molecule has 2 unspecified atom stereocenters. The van der Waals surface area contributed by atoms with Crippen LogP contribution in [0.3, 0.4) is 0 Å². The molecule has 1 aliphatic carbocycles. The number of rotatable bonds is 3. The minimum atomic E-state index is -3.77. The van der Waals surface area contributed by atoms with Crippen molar-refractivity contribution >= 4 is 33.2 Å². The summed E-state index contributed by atoms with van der Waals surface area (Å²) < 4.78 is 26.5. The molecule has 1 saturated carbocycles. The number of benzene rings is 1. The second-order valence-corrected chi connectivity index (χ2v) is 7.74. The molecule has 0 saturated heterocycles. The Kier molecular flexibility index (Phi) is 4.97. The fourth-order valence-corrected chi connectivity index (χ4v) is 4.68. The highest BCUT2D eigenvalue weighted by atomic mass is 35.5. The molecule has 1 aromatic rings. The Bertz CT molecular complexity index is 591. The molecule has 1 aromatic carbocycles. The Morgan fingerprint density at radius 1 is 1.25 bits per heavy atom. The molecule has 112 valence electrons. The van der Waals surface area contributed by atoms with Gasteiger partial charge in [-0.15, -0.1) is 0 Å². The first-order valence-corrected chi connectivity index (χ1v) is 8.65. The number of halogens is 2. The molecule has 1 aliphatic rings. The van der Waals surface area contributed by atoms with E-state index in [0.29, 0.717) is 12.8 Å². The Morgan fingerprint density at radius 2 is 1.90 bits per heavy atom. The summed E-state index contributed by atoms with van der Waals surface area (Å²) >= 11 is 11.9. The number of likely N-dealkylation sites (N-methyl/N-ethyl adjacent to an activating group) is 1. The lowest BCUT2D eigenvalue weighted by Gasteiger charge is -2.34. The molecular weight excluding hydrogens is 321 g/mol. The molecule has 0 spiro atoms. The molecule has 7 heteroatoms. The van der Waals surface area contributed by atoms with Crippen LogP contribution in [0.2, 0.25) is 10.0 Å². The van der Waals surface area contributed by atoms with Gasteiger partial charge in [0.25, 0.3) is 0 Å².